The number of hydrogen-bond acceptors (Lipinski definition) is 7. The molecule has 0 radical (unpaired) electrons. The second-order valence-corrected chi connectivity index (χ2v) is 6.09. The van der Waals surface area contributed by atoms with E-state index in [1.807, 2.05) is 48.5 Å². The summed E-state index contributed by atoms with van der Waals surface area (Å²) in [5, 5.41) is 10.3. The quantitative estimate of drug-likeness (QED) is 0.477. The number of ether oxygens (including phenoxy) is 1. The number of nitrogens with one attached hydrogen (secondary N) is 3. The van der Waals surface area contributed by atoms with Gasteiger partial charge in [0.2, 0.25) is 5.95 Å². The van der Waals surface area contributed by atoms with Gasteiger partial charge in [0.1, 0.15) is 17.1 Å². The molecule has 0 spiro atoms. The van der Waals surface area contributed by atoms with Crippen LogP contribution < -0.4 is 20.8 Å². The van der Waals surface area contributed by atoms with Gasteiger partial charge in [-0.25, -0.2) is 10.4 Å². The lowest BCUT2D eigenvalue weighted by atomic mass is 10.2. The van der Waals surface area contributed by atoms with Crippen LogP contribution in [0.15, 0.2) is 53.6 Å². The summed E-state index contributed by atoms with van der Waals surface area (Å²) >= 11 is 0. The van der Waals surface area contributed by atoms with E-state index in [2.05, 4.69) is 31.1 Å². The highest BCUT2D eigenvalue weighted by Gasteiger charge is 2.23. The first kappa shape index (κ1) is 17.5. The topological polar surface area (TPSA) is 101 Å². The van der Waals surface area contributed by atoms with Crippen molar-refractivity contribution < 1.29 is 9.53 Å². The third kappa shape index (κ3) is 3.35. The number of amides is 1. The molecule has 0 fully saturated rings. The molecule has 1 aliphatic rings. The molecule has 1 aliphatic heterocycles. The van der Waals surface area contributed by atoms with E-state index in [1.54, 1.807) is 20.2 Å². The first-order chi connectivity index (χ1) is 13.7. The van der Waals surface area contributed by atoms with Crippen LogP contribution in [0.5, 0.6) is 5.75 Å². The number of aromatic nitrogens is 2. The Morgan fingerprint density at radius 1 is 1.04 bits per heavy atom. The molecular weight excluding hydrogens is 356 g/mol. The van der Waals surface area contributed by atoms with Crippen LogP contribution in [-0.2, 0) is 0 Å². The fourth-order valence-corrected chi connectivity index (χ4v) is 2.93. The maximum Gasteiger partial charge on any atom is 0.261 e. The standard InChI is InChI=1S/C20H18N6O2/c1-12-17-18(23-14-8-4-5-9-15(14)24-19(17)27)25-20(22-12)26-21-11-13-7-3-6-10-16(13)28-2/h3-11H,1-2H3,(H,24,27)(H2,22,23,25,26)/b21-11+. The molecular formula is C20H18N6O2. The Kier molecular flexibility index (Phi) is 4.59. The minimum absolute atomic E-state index is 0.256. The molecule has 0 saturated heterocycles. The fourth-order valence-electron chi connectivity index (χ4n) is 2.93. The van der Waals surface area contributed by atoms with Gasteiger partial charge in [0, 0.05) is 5.56 Å². The highest BCUT2D eigenvalue weighted by molar-refractivity contribution is 6.12. The molecule has 1 amide bonds. The minimum atomic E-state index is -0.256. The molecule has 2 aromatic carbocycles. The maximum absolute atomic E-state index is 12.6. The normalized spacial score (nSPS) is 12.4. The van der Waals surface area contributed by atoms with Crippen molar-refractivity contribution in [3.05, 3.63) is 65.4 Å². The van der Waals surface area contributed by atoms with Crippen LogP contribution in [0.25, 0.3) is 0 Å². The molecule has 0 aliphatic carbocycles. The lowest BCUT2D eigenvalue weighted by Crippen LogP contribution is -2.15. The summed E-state index contributed by atoms with van der Waals surface area (Å²) in [7, 11) is 1.60. The van der Waals surface area contributed by atoms with Crippen molar-refractivity contribution in [3.63, 3.8) is 0 Å². The van der Waals surface area contributed by atoms with E-state index in [0.717, 1.165) is 11.3 Å². The Morgan fingerprint density at radius 2 is 1.75 bits per heavy atom. The average Bonchev–Trinajstić information content (AvgIpc) is 2.83. The van der Waals surface area contributed by atoms with Gasteiger partial charge < -0.3 is 15.4 Å². The minimum Gasteiger partial charge on any atom is -0.496 e. The summed E-state index contributed by atoms with van der Waals surface area (Å²) in [5.41, 5.74) is 6.02. The van der Waals surface area contributed by atoms with Crippen LogP contribution in [0.1, 0.15) is 21.6 Å². The van der Waals surface area contributed by atoms with Gasteiger partial charge in [-0.3, -0.25) is 4.79 Å². The Labute approximate surface area is 161 Å². The number of carbonyl (C=O) groups excluding carboxylic acids is 1. The molecule has 3 N–H and O–H groups in total. The molecule has 140 valence electrons. The average molecular weight is 374 g/mol. The predicted octanol–water partition coefficient (Wildman–Crippen LogP) is 3.55. The Bertz CT molecular complexity index is 1080. The summed E-state index contributed by atoms with van der Waals surface area (Å²) in [4.78, 5) is 21.3. The number of aryl methyl sites for hydroxylation is 1. The van der Waals surface area contributed by atoms with Crippen molar-refractivity contribution in [3.8, 4) is 5.75 Å². The molecule has 3 aromatic rings. The van der Waals surface area contributed by atoms with Gasteiger partial charge in [-0.05, 0) is 31.2 Å². The van der Waals surface area contributed by atoms with Crippen LogP contribution >= 0.6 is 0 Å². The van der Waals surface area contributed by atoms with Gasteiger partial charge in [-0.2, -0.15) is 10.1 Å². The third-order valence-electron chi connectivity index (χ3n) is 4.25. The van der Waals surface area contributed by atoms with Crippen LogP contribution in [0.3, 0.4) is 0 Å². The van der Waals surface area contributed by atoms with Gasteiger partial charge >= 0.3 is 0 Å². The van der Waals surface area contributed by atoms with E-state index in [9.17, 15) is 4.79 Å². The smallest absolute Gasteiger partial charge is 0.261 e. The van der Waals surface area contributed by atoms with Crippen LogP contribution in [0.4, 0.5) is 23.1 Å². The number of fused-ring (bicyclic) bond motifs is 2. The molecule has 0 bridgehead atoms. The molecule has 8 heteroatoms. The zero-order chi connectivity index (χ0) is 19.5. The summed E-state index contributed by atoms with van der Waals surface area (Å²) in [6, 6.07) is 15.0. The lowest BCUT2D eigenvalue weighted by molar-refractivity contribution is 0.102. The zero-order valence-electron chi connectivity index (χ0n) is 15.4. The van der Waals surface area contributed by atoms with Crippen LogP contribution in [0.2, 0.25) is 0 Å². The van der Waals surface area contributed by atoms with E-state index in [0.29, 0.717) is 28.5 Å². The second-order valence-electron chi connectivity index (χ2n) is 6.09. The molecule has 1 aromatic heterocycles. The van der Waals surface area contributed by atoms with Crippen molar-refractivity contribution in [2.75, 3.05) is 23.2 Å². The number of hydrogen-bond donors (Lipinski definition) is 3. The Balaban J connectivity index is 1.63. The first-order valence-corrected chi connectivity index (χ1v) is 8.64. The van der Waals surface area contributed by atoms with E-state index >= 15 is 0 Å². The molecule has 0 atom stereocenters. The SMILES string of the molecule is COc1ccccc1/C=N/Nc1nc(C)c2c(n1)Nc1ccccc1NC2=O. The summed E-state index contributed by atoms with van der Waals surface area (Å²) < 4.78 is 5.30. The third-order valence-corrected chi connectivity index (χ3v) is 4.25. The van der Waals surface area contributed by atoms with Crippen molar-refractivity contribution in [2.45, 2.75) is 6.92 Å². The molecule has 28 heavy (non-hydrogen) atoms. The lowest BCUT2D eigenvalue weighted by Gasteiger charge is -2.10. The number of rotatable bonds is 4. The number of benzene rings is 2. The Hall–Kier alpha value is -3.94. The molecule has 8 nitrogen and oxygen atoms in total. The summed E-state index contributed by atoms with van der Waals surface area (Å²) in [6.07, 6.45) is 1.62. The highest BCUT2D eigenvalue weighted by atomic mass is 16.5. The maximum atomic E-state index is 12.6. The van der Waals surface area contributed by atoms with Crippen LogP contribution in [0, 0.1) is 6.92 Å². The first-order valence-electron chi connectivity index (χ1n) is 8.64. The highest BCUT2D eigenvalue weighted by Crippen LogP contribution is 2.32. The number of nitrogens with zero attached hydrogens (tertiary/aromatic N) is 3. The van der Waals surface area contributed by atoms with Gasteiger partial charge in [-0.1, -0.05) is 24.3 Å². The summed E-state index contributed by atoms with van der Waals surface area (Å²) in [5.74, 6) is 1.16. The number of carbonyl (C=O) groups is 1. The molecule has 0 unspecified atom stereocenters. The van der Waals surface area contributed by atoms with Gasteiger partial charge in [0.05, 0.1) is 30.4 Å². The van der Waals surface area contributed by atoms with Crippen molar-refractivity contribution in [1.29, 1.82) is 0 Å². The van der Waals surface area contributed by atoms with E-state index in [1.165, 1.54) is 0 Å². The van der Waals surface area contributed by atoms with Gasteiger partial charge in [0.15, 0.2) is 0 Å². The van der Waals surface area contributed by atoms with Crippen molar-refractivity contribution in [1.82, 2.24) is 9.97 Å². The second kappa shape index (κ2) is 7.36. The number of methoxy groups -OCH3 is 1. The monoisotopic (exact) mass is 374 g/mol. The largest absolute Gasteiger partial charge is 0.496 e. The fraction of sp³-hybridized carbons (Fsp3) is 0.100. The van der Waals surface area contributed by atoms with E-state index in [-0.39, 0.29) is 11.9 Å². The summed E-state index contributed by atoms with van der Waals surface area (Å²) in [6.45, 7) is 1.76. The van der Waals surface area contributed by atoms with Gasteiger partial charge in [-0.15, -0.1) is 0 Å². The Morgan fingerprint density at radius 3 is 2.54 bits per heavy atom. The van der Waals surface area contributed by atoms with E-state index < -0.39 is 0 Å². The molecule has 0 saturated carbocycles. The number of hydrazone groups is 1. The number of para-hydroxylation sites is 3. The van der Waals surface area contributed by atoms with Crippen molar-refractivity contribution in [2.24, 2.45) is 5.10 Å². The van der Waals surface area contributed by atoms with E-state index in [4.69, 9.17) is 4.74 Å². The zero-order valence-corrected chi connectivity index (χ0v) is 15.4. The van der Waals surface area contributed by atoms with Gasteiger partial charge in [0.25, 0.3) is 5.91 Å². The van der Waals surface area contributed by atoms with Crippen LogP contribution in [-0.4, -0.2) is 29.2 Å². The number of anilines is 4. The molecule has 4 rings (SSSR count). The molecule has 2 heterocycles. The van der Waals surface area contributed by atoms with Crippen molar-refractivity contribution >= 4 is 35.3 Å². The predicted molar refractivity (Wildman–Crippen MR) is 109 cm³/mol.